The van der Waals surface area contributed by atoms with Crippen LogP contribution in [-0.2, 0) is 4.84 Å². The number of halogens is 1. The zero-order valence-corrected chi connectivity index (χ0v) is 9.20. The molecule has 12 heavy (non-hydrogen) atoms. The minimum atomic E-state index is 0.899. The van der Waals surface area contributed by atoms with Gasteiger partial charge < -0.3 is 4.84 Å². The van der Waals surface area contributed by atoms with Crippen molar-refractivity contribution in [3.8, 4) is 0 Å². The van der Waals surface area contributed by atoms with Crippen LogP contribution in [0.25, 0.3) is 0 Å². The SMILES string of the molecule is CON=C(C)c1cccc(I)c1. The fraction of sp³-hybridized carbons (Fsp3) is 0.222. The number of oxime groups is 1. The minimum Gasteiger partial charge on any atom is -0.399 e. The highest BCUT2D eigenvalue weighted by Gasteiger charge is 1.96. The van der Waals surface area contributed by atoms with Gasteiger partial charge in [-0.1, -0.05) is 17.3 Å². The summed E-state index contributed by atoms with van der Waals surface area (Å²) in [6.45, 7) is 1.93. The zero-order chi connectivity index (χ0) is 8.97. The van der Waals surface area contributed by atoms with Crippen LogP contribution in [0.1, 0.15) is 12.5 Å². The predicted octanol–water partition coefficient (Wildman–Crippen LogP) is 2.66. The predicted molar refractivity (Wildman–Crippen MR) is 58.4 cm³/mol. The molecule has 0 saturated carbocycles. The highest BCUT2D eigenvalue weighted by atomic mass is 127. The Bertz CT molecular complexity index is 296. The molecular formula is C9H10INO. The van der Waals surface area contributed by atoms with Crippen LogP contribution >= 0.6 is 22.6 Å². The third kappa shape index (κ3) is 2.48. The summed E-state index contributed by atoms with van der Waals surface area (Å²) in [5.74, 6) is 0. The van der Waals surface area contributed by atoms with Crippen LogP contribution in [0.2, 0.25) is 0 Å². The Morgan fingerprint density at radius 1 is 1.50 bits per heavy atom. The molecule has 0 bridgehead atoms. The third-order valence-corrected chi connectivity index (χ3v) is 2.14. The molecule has 0 aliphatic carbocycles. The van der Waals surface area contributed by atoms with E-state index in [1.165, 1.54) is 3.57 Å². The first-order valence-corrected chi connectivity index (χ1v) is 4.65. The van der Waals surface area contributed by atoms with Crippen LogP contribution in [0, 0.1) is 3.57 Å². The van der Waals surface area contributed by atoms with Gasteiger partial charge in [0.2, 0.25) is 0 Å². The van der Waals surface area contributed by atoms with E-state index < -0.39 is 0 Å². The zero-order valence-electron chi connectivity index (χ0n) is 7.04. The molecule has 1 rings (SSSR count). The molecule has 1 aromatic rings. The Morgan fingerprint density at radius 2 is 2.25 bits per heavy atom. The molecule has 0 aliphatic heterocycles. The van der Waals surface area contributed by atoms with Gasteiger partial charge in [0.05, 0.1) is 5.71 Å². The lowest BCUT2D eigenvalue weighted by molar-refractivity contribution is 0.213. The van der Waals surface area contributed by atoms with E-state index in [0.717, 1.165) is 11.3 Å². The number of nitrogens with zero attached hydrogens (tertiary/aromatic N) is 1. The molecule has 0 atom stereocenters. The van der Waals surface area contributed by atoms with E-state index in [-0.39, 0.29) is 0 Å². The molecule has 0 amide bonds. The average Bonchev–Trinajstić information content (AvgIpc) is 2.05. The van der Waals surface area contributed by atoms with E-state index in [1.807, 2.05) is 25.1 Å². The summed E-state index contributed by atoms with van der Waals surface area (Å²) < 4.78 is 1.20. The fourth-order valence-electron chi connectivity index (χ4n) is 0.903. The van der Waals surface area contributed by atoms with Crippen LogP contribution in [-0.4, -0.2) is 12.8 Å². The van der Waals surface area contributed by atoms with Crippen molar-refractivity contribution in [2.45, 2.75) is 6.92 Å². The molecule has 3 heteroatoms. The van der Waals surface area contributed by atoms with Gasteiger partial charge in [0.15, 0.2) is 0 Å². The summed E-state index contributed by atoms with van der Waals surface area (Å²) in [6.07, 6.45) is 0. The van der Waals surface area contributed by atoms with Gasteiger partial charge >= 0.3 is 0 Å². The molecule has 64 valence electrons. The van der Waals surface area contributed by atoms with Crippen molar-refractivity contribution in [3.05, 3.63) is 33.4 Å². The maximum atomic E-state index is 4.68. The van der Waals surface area contributed by atoms with E-state index in [0.29, 0.717) is 0 Å². The number of hydrogen-bond acceptors (Lipinski definition) is 2. The highest BCUT2D eigenvalue weighted by molar-refractivity contribution is 14.1. The largest absolute Gasteiger partial charge is 0.399 e. The lowest BCUT2D eigenvalue weighted by Gasteiger charge is -1.99. The second-order valence-electron chi connectivity index (χ2n) is 2.37. The minimum absolute atomic E-state index is 0.899. The normalized spacial score (nSPS) is 11.4. The van der Waals surface area contributed by atoms with Crippen molar-refractivity contribution in [3.63, 3.8) is 0 Å². The highest BCUT2D eigenvalue weighted by Crippen LogP contribution is 2.08. The van der Waals surface area contributed by atoms with Gasteiger partial charge in [0.1, 0.15) is 7.11 Å². The number of hydrogen-bond donors (Lipinski definition) is 0. The van der Waals surface area contributed by atoms with Crippen molar-refractivity contribution >= 4 is 28.3 Å². The maximum Gasteiger partial charge on any atom is 0.106 e. The first-order chi connectivity index (χ1) is 5.74. The maximum absolute atomic E-state index is 4.68. The van der Waals surface area contributed by atoms with Gasteiger partial charge in [-0.2, -0.15) is 0 Å². The lowest BCUT2D eigenvalue weighted by Crippen LogP contribution is -1.95. The summed E-state index contributed by atoms with van der Waals surface area (Å²) >= 11 is 2.27. The molecule has 0 spiro atoms. The average molecular weight is 275 g/mol. The molecule has 0 unspecified atom stereocenters. The van der Waals surface area contributed by atoms with E-state index in [2.05, 4.69) is 38.7 Å². The van der Waals surface area contributed by atoms with Crippen LogP contribution in [0.4, 0.5) is 0 Å². The first kappa shape index (κ1) is 9.51. The van der Waals surface area contributed by atoms with Crippen molar-refractivity contribution in [1.29, 1.82) is 0 Å². The van der Waals surface area contributed by atoms with E-state index in [1.54, 1.807) is 7.11 Å². The summed E-state index contributed by atoms with van der Waals surface area (Å²) in [5, 5.41) is 3.85. The molecule has 0 aliphatic rings. The monoisotopic (exact) mass is 275 g/mol. The molecule has 0 radical (unpaired) electrons. The van der Waals surface area contributed by atoms with E-state index in [9.17, 15) is 0 Å². The van der Waals surface area contributed by atoms with Crippen LogP contribution < -0.4 is 0 Å². The second kappa shape index (κ2) is 4.45. The third-order valence-electron chi connectivity index (χ3n) is 1.47. The van der Waals surface area contributed by atoms with Gasteiger partial charge in [-0.15, -0.1) is 0 Å². The van der Waals surface area contributed by atoms with Crippen molar-refractivity contribution in [2.75, 3.05) is 7.11 Å². The molecular weight excluding hydrogens is 265 g/mol. The van der Waals surface area contributed by atoms with Crippen molar-refractivity contribution < 1.29 is 4.84 Å². The molecule has 2 nitrogen and oxygen atoms in total. The number of benzene rings is 1. The number of rotatable bonds is 2. The van der Waals surface area contributed by atoms with Gasteiger partial charge in [-0.25, -0.2) is 0 Å². The van der Waals surface area contributed by atoms with Crippen molar-refractivity contribution in [2.24, 2.45) is 5.16 Å². The quantitative estimate of drug-likeness (QED) is 0.462. The van der Waals surface area contributed by atoms with E-state index in [4.69, 9.17) is 0 Å². The molecule has 1 aromatic carbocycles. The molecule has 0 N–H and O–H groups in total. The van der Waals surface area contributed by atoms with Gasteiger partial charge in [-0.05, 0) is 41.6 Å². The van der Waals surface area contributed by atoms with Crippen molar-refractivity contribution in [1.82, 2.24) is 0 Å². The molecule has 0 saturated heterocycles. The first-order valence-electron chi connectivity index (χ1n) is 3.57. The molecule has 0 heterocycles. The summed E-state index contributed by atoms with van der Waals surface area (Å²) in [7, 11) is 1.55. The fourth-order valence-corrected chi connectivity index (χ4v) is 1.45. The molecule has 0 fully saturated rings. The van der Waals surface area contributed by atoms with Gasteiger partial charge in [-0.3, -0.25) is 0 Å². The Morgan fingerprint density at radius 3 is 2.83 bits per heavy atom. The second-order valence-corrected chi connectivity index (χ2v) is 3.62. The Kier molecular flexibility index (Phi) is 3.52. The van der Waals surface area contributed by atoms with Crippen LogP contribution in [0.5, 0.6) is 0 Å². The van der Waals surface area contributed by atoms with Gasteiger partial charge in [0, 0.05) is 9.13 Å². The topological polar surface area (TPSA) is 21.6 Å². The van der Waals surface area contributed by atoms with Crippen LogP contribution in [0.15, 0.2) is 29.4 Å². The summed E-state index contributed by atoms with van der Waals surface area (Å²) in [5.41, 5.74) is 2.00. The Balaban J connectivity index is 2.95. The van der Waals surface area contributed by atoms with Crippen LogP contribution in [0.3, 0.4) is 0 Å². The Labute approximate surface area is 85.8 Å². The summed E-state index contributed by atoms with van der Waals surface area (Å²) in [4.78, 5) is 4.68. The molecule has 0 aromatic heterocycles. The Hall–Kier alpha value is -0.580. The standard InChI is InChI=1S/C9H10INO/c1-7(11-12-2)8-4-3-5-9(10)6-8/h3-6H,1-2H3. The van der Waals surface area contributed by atoms with Gasteiger partial charge in [0.25, 0.3) is 0 Å². The van der Waals surface area contributed by atoms with E-state index >= 15 is 0 Å². The lowest BCUT2D eigenvalue weighted by atomic mass is 10.1. The summed E-state index contributed by atoms with van der Waals surface area (Å²) in [6, 6.07) is 8.13. The smallest absolute Gasteiger partial charge is 0.106 e.